The van der Waals surface area contributed by atoms with Crippen LogP contribution in [0.15, 0.2) is 47.4 Å². The summed E-state index contributed by atoms with van der Waals surface area (Å²) in [4.78, 5) is 23.9. The summed E-state index contributed by atoms with van der Waals surface area (Å²) < 4.78 is 37.2. The van der Waals surface area contributed by atoms with Gasteiger partial charge in [-0.25, -0.2) is 8.42 Å². The van der Waals surface area contributed by atoms with Gasteiger partial charge in [-0.1, -0.05) is 11.6 Å². The number of nitrogens with one attached hydrogen (secondary N) is 3. The monoisotopic (exact) mass is 455 g/mol. The molecule has 0 saturated carbocycles. The van der Waals surface area contributed by atoms with Gasteiger partial charge in [-0.3, -0.25) is 20.4 Å². The first kappa shape index (κ1) is 23.5. The van der Waals surface area contributed by atoms with E-state index >= 15 is 0 Å². The number of aryl methyl sites for hydroxylation is 1. The van der Waals surface area contributed by atoms with E-state index in [1.54, 1.807) is 25.1 Å². The number of sulfonamides is 1. The highest BCUT2D eigenvalue weighted by molar-refractivity contribution is 7.89. The van der Waals surface area contributed by atoms with Crippen molar-refractivity contribution in [2.75, 3.05) is 13.7 Å². The predicted molar refractivity (Wildman–Crippen MR) is 111 cm³/mol. The molecule has 2 amide bonds. The van der Waals surface area contributed by atoms with Gasteiger partial charge in [0.15, 0.2) is 6.61 Å². The van der Waals surface area contributed by atoms with Crippen molar-refractivity contribution in [2.45, 2.75) is 24.8 Å². The molecule has 0 aliphatic carbocycles. The molecule has 162 valence electrons. The standard InChI is InChI=1S/C19H22ClN3O6S/c1-12-10-15(6-9-17(12)20)29-11-18(24)21-22-19(25)13(2)23-30(26,27)16-7-4-14(28-3)5-8-16/h4-10,13,23H,11H2,1-3H3,(H,21,24)(H,22,25)/t13-/m0/s1. The van der Waals surface area contributed by atoms with Crippen molar-refractivity contribution in [3.05, 3.63) is 53.1 Å². The average Bonchev–Trinajstić information content (AvgIpc) is 2.72. The number of halogens is 1. The normalized spacial score (nSPS) is 12.0. The van der Waals surface area contributed by atoms with E-state index in [1.807, 2.05) is 0 Å². The minimum atomic E-state index is -3.94. The van der Waals surface area contributed by atoms with Gasteiger partial charge in [0.25, 0.3) is 11.8 Å². The number of ether oxygens (including phenoxy) is 2. The number of carbonyl (C=O) groups is 2. The molecule has 3 N–H and O–H groups in total. The number of rotatable bonds is 8. The topological polar surface area (TPSA) is 123 Å². The number of hydrazine groups is 1. The fourth-order valence-electron chi connectivity index (χ4n) is 2.24. The highest BCUT2D eigenvalue weighted by Crippen LogP contribution is 2.20. The van der Waals surface area contributed by atoms with Crippen molar-refractivity contribution in [3.8, 4) is 11.5 Å². The molecule has 0 bridgehead atoms. The van der Waals surface area contributed by atoms with Crippen LogP contribution in [0.4, 0.5) is 0 Å². The van der Waals surface area contributed by atoms with Gasteiger partial charge in [-0.15, -0.1) is 0 Å². The van der Waals surface area contributed by atoms with Gasteiger partial charge in [0.1, 0.15) is 11.5 Å². The Kier molecular flexibility index (Phi) is 8.04. The van der Waals surface area contributed by atoms with Crippen LogP contribution < -0.4 is 25.0 Å². The fourth-order valence-corrected chi connectivity index (χ4v) is 3.56. The van der Waals surface area contributed by atoms with Gasteiger partial charge in [-0.05, 0) is 61.9 Å². The molecule has 9 nitrogen and oxygen atoms in total. The van der Waals surface area contributed by atoms with E-state index in [4.69, 9.17) is 21.1 Å². The van der Waals surface area contributed by atoms with E-state index < -0.39 is 27.9 Å². The molecule has 2 aromatic rings. The average molecular weight is 456 g/mol. The van der Waals surface area contributed by atoms with Crippen LogP contribution >= 0.6 is 11.6 Å². The molecule has 0 unspecified atom stereocenters. The zero-order valence-corrected chi connectivity index (χ0v) is 18.1. The second-order valence-corrected chi connectivity index (χ2v) is 8.38. The van der Waals surface area contributed by atoms with Crippen molar-refractivity contribution in [1.82, 2.24) is 15.6 Å². The summed E-state index contributed by atoms with van der Waals surface area (Å²) >= 11 is 5.92. The van der Waals surface area contributed by atoms with Crippen molar-refractivity contribution < 1.29 is 27.5 Å². The van der Waals surface area contributed by atoms with Crippen LogP contribution in [0.25, 0.3) is 0 Å². The molecule has 11 heteroatoms. The maximum atomic E-state index is 12.3. The number of amides is 2. The van der Waals surface area contributed by atoms with Crippen LogP contribution in [0.2, 0.25) is 5.02 Å². The van der Waals surface area contributed by atoms with E-state index in [9.17, 15) is 18.0 Å². The minimum Gasteiger partial charge on any atom is -0.497 e. The van der Waals surface area contributed by atoms with E-state index in [2.05, 4.69) is 15.6 Å². The Morgan fingerprint density at radius 3 is 2.30 bits per heavy atom. The lowest BCUT2D eigenvalue weighted by atomic mass is 10.2. The predicted octanol–water partition coefficient (Wildman–Crippen LogP) is 1.55. The lowest BCUT2D eigenvalue weighted by Gasteiger charge is -2.15. The Balaban J connectivity index is 1.82. The van der Waals surface area contributed by atoms with E-state index in [1.165, 1.54) is 38.3 Å². The Hall–Kier alpha value is -2.82. The number of benzene rings is 2. The minimum absolute atomic E-state index is 0.0290. The van der Waals surface area contributed by atoms with Gasteiger partial charge >= 0.3 is 0 Å². The third-order valence-corrected chi connectivity index (χ3v) is 5.90. The second-order valence-electron chi connectivity index (χ2n) is 6.26. The number of methoxy groups -OCH3 is 1. The molecule has 0 heterocycles. The van der Waals surface area contributed by atoms with Crippen molar-refractivity contribution >= 4 is 33.4 Å². The van der Waals surface area contributed by atoms with Crippen LogP contribution in [-0.2, 0) is 19.6 Å². The van der Waals surface area contributed by atoms with Crippen LogP contribution in [0.3, 0.4) is 0 Å². The molecule has 30 heavy (non-hydrogen) atoms. The van der Waals surface area contributed by atoms with Gasteiger partial charge in [0.05, 0.1) is 18.0 Å². The Morgan fingerprint density at radius 2 is 1.70 bits per heavy atom. The van der Waals surface area contributed by atoms with Gasteiger partial charge in [0.2, 0.25) is 10.0 Å². The Bertz CT molecular complexity index is 1010. The molecule has 0 aliphatic rings. The van der Waals surface area contributed by atoms with Gasteiger partial charge in [-0.2, -0.15) is 4.72 Å². The summed E-state index contributed by atoms with van der Waals surface area (Å²) in [6.07, 6.45) is 0. The first-order chi connectivity index (χ1) is 14.1. The summed E-state index contributed by atoms with van der Waals surface area (Å²) in [6.45, 7) is 2.78. The molecule has 0 aliphatic heterocycles. The van der Waals surface area contributed by atoms with Gasteiger partial charge in [0, 0.05) is 5.02 Å². The molecule has 1 atom stereocenters. The molecule has 0 fully saturated rings. The highest BCUT2D eigenvalue weighted by atomic mass is 35.5. The zero-order chi connectivity index (χ0) is 22.3. The lowest BCUT2D eigenvalue weighted by Crippen LogP contribution is -2.51. The molecule has 0 radical (unpaired) electrons. The molecular weight excluding hydrogens is 434 g/mol. The fraction of sp³-hybridized carbons (Fsp3) is 0.263. The summed E-state index contributed by atoms with van der Waals surface area (Å²) in [6, 6.07) is 9.46. The van der Waals surface area contributed by atoms with Crippen molar-refractivity contribution in [1.29, 1.82) is 0 Å². The first-order valence-corrected chi connectivity index (χ1v) is 10.6. The van der Waals surface area contributed by atoms with E-state index in [-0.39, 0.29) is 11.5 Å². The summed E-state index contributed by atoms with van der Waals surface area (Å²) in [7, 11) is -2.47. The maximum Gasteiger partial charge on any atom is 0.276 e. The summed E-state index contributed by atoms with van der Waals surface area (Å²) in [5.41, 5.74) is 5.10. The number of carbonyl (C=O) groups excluding carboxylic acids is 2. The highest BCUT2D eigenvalue weighted by Gasteiger charge is 2.22. The third-order valence-electron chi connectivity index (χ3n) is 3.92. The largest absolute Gasteiger partial charge is 0.497 e. The summed E-state index contributed by atoms with van der Waals surface area (Å²) in [5, 5.41) is 0.574. The van der Waals surface area contributed by atoms with Crippen LogP contribution in [0.1, 0.15) is 12.5 Å². The maximum absolute atomic E-state index is 12.3. The van der Waals surface area contributed by atoms with Crippen LogP contribution in [0.5, 0.6) is 11.5 Å². The Labute approximate surface area is 179 Å². The van der Waals surface area contributed by atoms with Crippen molar-refractivity contribution in [2.24, 2.45) is 0 Å². The second kappa shape index (κ2) is 10.3. The smallest absolute Gasteiger partial charge is 0.276 e. The molecule has 2 rings (SSSR count). The van der Waals surface area contributed by atoms with E-state index in [0.717, 1.165) is 5.56 Å². The van der Waals surface area contributed by atoms with Crippen molar-refractivity contribution in [3.63, 3.8) is 0 Å². The number of hydrogen-bond donors (Lipinski definition) is 3. The molecule has 2 aromatic carbocycles. The molecule has 0 aromatic heterocycles. The molecule has 0 spiro atoms. The SMILES string of the molecule is COc1ccc(S(=O)(=O)N[C@@H](C)C(=O)NNC(=O)COc2ccc(Cl)c(C)c2)cc1. The quantitative estimate of drug-likeness (QED) is 0.519. The summed E-state index contributed by atoms with van der Waals surface area (Å²) in [5.74, 6) is -0.429. The molecule has 0 saturated heterocycles. The number of hydrogen-bond acceptors (Lipinski definition) is 6. The third kappa shape index (κ3) is 6.61. The van der Waals surface area contributed by atoms with E-state index in [0.29, 0.717) is 16.5 Å². The Morgan fingerprint density at radius 1 is 1.07 bits per heavy atom. The molecular formula is C19H22ClN3O6S. The first-order valence-electron chi connectivity index (χ1n) is 8.76. The van der Waals surface area contributed by atoms with Crippen LogP contribution in [0, 0.1) is 6.92 Å². The zero-order valence-electron chi connectivity index (χ0n) is 16.6. The van der Waals surface area contributed by atoms with Gasteiger partial charge < -0.3 is 9.47 Å². The van der Waals surface area contributed by atoms with Crippen LogP contribution in [-0.4, -0.2) is 40.0 Å². The lowest BCUT2D eigenvalue weighted by molar-refractivity contribution is -0.130.